The Hall–Kier alpha value is -2.14. The first-order valence-corrected chi connectivity index (χ1v) is 7.19. The molecule has 1 aromatic carbocycles. The van der Waals surface area contributed by atoms with Crippen LogP contribution in [-0.2, 0) is 4.74 Å². The lowest BCUT2D eigenvalue weighted by Crippen LogP contribution is -2.38. The Kier molecular flexibility index (Phi) is 3.75. The molecule has 0 aliphatic carbocycles. The second-order valence-corrected chi connectivity index (χ2v) is 5.50. The fourth-order valence-corrected chi connectivity index (χ4v) is 2.69. The topological polar surface area (TPSA) is 77.2 Å². The van der Waals surface area contributed by atoms with Gasteiger partial charge in [-0.15, -0.1) is 0 Å². The lowest BCUT2D eigenvalue weighted by Gasteiger charge is -2.19. The third kappa shape index (κ3) is 2.83. The number of anilines is 1. The zero-order chi connectivity index (χ0) is 14.8. The highest BCUT2D eigenvalue weighted by molar-refractivity contribution is 5.99. The van der Waals surface area contributed by atoms with Gasteiger partial charge in [-0.05, 0) is 24.8 Å². The number of fused-ring (bicyclic) bond motifs is 1. The van der Waals surface area contributed by atoms with Crippen molar-refractivity contribution in [1.29, 1.82) is 0 Å². The van der Waals surface area contributed by atoms with Crippen molar-refractivity contribution >= 4 is 22.5 Å². The number of amides is 1. The quantitative estimate of drug-likeness (QED) is 0.904. The summed E-state index contributed by atoms with van der Waals surface area (Å²) in [5.74, 6) is 0.564. The molecule has 2 heterocycles. The number of nitrogens with one attached hydrogen (secondary N) is 1. The van der Waals surface area contributed by atoms with Crippen LogP contribution in [0, 0.1) is 5.92 Å². The normalized spacial score (nSPS) is 19.6. The van der Waals surface area contributed by atoms with Gasteiger partial charge >= 0.3 is 0 Å². The van der Waals surface area contributed by atoms with Crippen LogP contribution in [0.5, 0.6) is 0 Å². The van der Waals surface area contributed by atoms with Gasteiger partial charge in [-0.25, -0.2) is 4.98 Å². The van der Waals surface area contributed by atoms with E-state index in [1.54, 1.807) is 6.07 Å². The Morgan fingerprint density at radius 3 is 3.05 bits per heavy atom. The SMILES string of the molecule is CC(NC(=O)c1cc2ccccc2c(N)n1)C1CCOC1. The average Bonchev–Trinajstić information content (AvgIpc) is 3.01. The van der Waals surface area contributed by atoms with E-state index < -0.39 is 0 Å². The highest BCUT2D eigenvalue weighted by Crippen LogP contribution is 2.21. The number of hydrogen-bond acceptors (Lipinski definition) is 4. The molecular formula is C16H19N3O2. The molecule has 2 unspecified atom stereocenters. The van der Waals surface area contributed by atoms with E-state index in [4.69, 9.17) is 10.5 Å². The lowest BCUT2D eigenvalue weighted by molar-refractivity contribution is 0.0917. The van der Waals surface area contributed by atoms with Crippen LogP contribution in [0.3, 0.4) is 0 Å². The van der Waals surface area contributed by atoms with Crippen LogP contribution in [-0.4, -0.2) is 30.1 Å². The minimum Gasteiger partial charge on any atom is -0.383 e. The highest BCUT2D eigenvalue weighted by Gasteiger charge is 2.24. The molecule has 1 aliphatic rings. The molecule has 21 heavy (non-hydrogen) atoms. The third-order valence-corrected chi connectivity index (χ3v) is 4.03. The van der Waals surface area contributed by atoms with Gasteiger partial charge in [0.05, 0.1) is 6.61 Å². The van der Waals surface area contributed by atoms with Gasteiger partial charge in [-0.1, -0.05) is 24.3 Å². The van der Waals surface area contributed by atoms with Gasteiger partial charge in [0, 0.05) is 24.0 Å². The molecule has 1 amide bonds. The molecule has 0 radical (unpaired) electrons. The van der Waals surface area contributed by atoms with Gasteiger partial charge in [0.2, 0.25) is 0 Å². The first-order chi connectivity index (χ1) is 10.1. The molecule has 1 aromatic heterocycles. The summed E-state index contributed by atoms with van der Waals surface area (Å²) in [7, 11) is 0. The molecule has 1 saturated heterocycles. The van der Waals surface area contributed by atoms with Crippen molar-refractivity contribution in [3.63, 3.8) is 0 Å². The molecule has 1 aliphatic heterocycles. The summed E-state index contributed by atoms with van der Waals surface area (Å²) in [5, 5.41) is 4.78. The number of pyridine rings is 1. The fourth-order valence-electron chi connectivity index (χ4n) is 2.69. The second kappa shape index (κ2) is 5.69. The van der Waals surface area contributed by atoms with Crippen LogP contribution in [0.4, 0.5) is 5.82 Å². The number of carbonyl (C=O) groups is 1. The van der Waals surface area contributed by atoms with E-state index in [0.717, 1.165) is 23.8 Å². The Labute approximate surface area is 123 Å². The van der Waals surface area contributed by atoms with E-state index in [-0.39, 0.29) is 11.9 Å². The summed E-state index contributed by atoms with van der Waals surface area (Å²) in [5.41, 5.74) is 6.29. The number of hydrogen-bond donors (Lipinski definition) is 2. The van der Waals surface area contributed by atoms with Crippen molar-refractivity contribution in [2.45, 2.75) is 19.4 Å². The van der Waals surface area contributed by atoms with E-state index in [1.165, 1.54) is 0 Å². The Balaban J connectivity index is 1.81. The Morgan fingerprint density at radius 2 is 2.29 bits per heavy atom. The maximum absolute atomic E-state index is 12.3. The largest absolute Gasteiger partial charge is 0.383 e. The number of nitrogens with two attached hydrogens (primary N) is 1. The second-order valence-electron chi connectivity index (χ2n) is 5.50. The van der Waals surface area contributed by atoms with Crippen molar-refractivity contribution in [1.82, 2.24) is 10.3 Å². The van der Waals surface area contributed by atoms with E-state index >= 15 is 0 Å². The predicted octanol–water partition coefficient (Wildman–Crippen LogP) is 1.97. The summed E-state index contributed by atoms with van der Waals surface area (Å²) in [6.45, 7) is 3.47. The molecule has 3 N–H and O–H groups in total. The zero-order valence-electron chi connectivity index (χ0n) is 12.0. The molecule has 1 fully saturated rings. The lowest BCUT2D eigenvalue weighted by atomic mass is 10.0. The van der Waals surface area contributed by atoms with Crippen molar-refractivity contribution in [3.05, 3.63) is 36.0 Å². The predicted molar refractivity (Wildman–Crippen MR) is 82.0 cm³/mol. The standard InChI is InChI=1S/C16H19N3O2/c1-10(12-6-7-21-9-12)18-16(20)14-8-11-4-2-3-5-13(11)15(17)19-14/h2-5,8,10,12H,6-7,9H2,1H3,(H2,17,19)(H,18,20). The number of rotatable bonds is 3. The van der Waals surface area contributed by atoms with Crippen LogP contribution in [0.15, 0.2) is 30.3 Å². The highest BCUT2D eigenvalue weighted by atomic mass is 16.5. The maximum Gasteiger partial charge on any atom is 0.270 e. The molecular weight excluding hydrogens is 266 g/mol. The van der Waals surface area contributed by atoms with Crippen LogP contribution in [0.1, 0.15) is 23.8 Å². The van der Waals surface area contributed by atoms with Gasteiger partial charge in [-0.2, -0.15) is 0 Å². The van der Waals surface area contributed by atoms with Crippen molar-refractivity contribution in [2.75, 3.05) is 18.9 Å². The summed E-state index contributed by atoms with van der Waals surface area (Å²) in [6, 6.07) is 9.49. The van der Waals surface area contributed by atoms with Gasteiger partial charge in [-0.3, -0.25) is 4.79 Å². The maximum atomic E-state index is 12.3. The Bertz CT molecular complexity index is 666. The number of benzene rings is 1. The molecule has 0 saturated carbocycles. The van der Waals surface area contributed by atoms with E-state index in [0.29, 0.717) is 24.0 Å². The van der Waals surface area contributed by atoms with Crippen molar-refractivity contribution < 1.29 is 9.53 Å². The molecule has 0 spiro atoms. The minimum atomic E-state index is -0.188. The van der Waals surface area contributed by atoms with Gasteiger partial charge in [0.1, 0.15) is 11.5 Å². The fraction of sp³-hybridized carbons (Fsp3) is 0.375. The molecule has 2 aromatic rings. The van der Waals surface area contributed by atoms with Gasteiger partial charge < -0.3 is 15.8 Å². The number of nitrogens with zero attached hydrogens (tertiary/aromatic N) is 1. The summed E-state index contributed by atoms with van der Waals surface area (Å²) in [6.07, 6.45) is 0.981. The van der Waals surface area contributed by atoms with Crippen molar-refractivity contribution in [3.8, 4) is 0 Å². The van der Waals surface area contributed by atoms with Crippen molar-refractivity contribution in [2.24, 2.45) is 5.92 Å². The summed E-state index contributed by atoms with van der Waals surface area (Å²) >= 11 is 0. The van der Waals surface area contributed by atoms with Crippen LogP contribution >= 0.6 is 0 Å². The molecule has 5 nitrogen and oxygen atoms in total. The number of ether oxygens (including phenoxy) is 1. The van der Waals surface area contributed by atoms with Gasteiger partial charge in [0.25, 0.3) is 5.91 Å². The number of carbonyl (C=O) groups excluding carboxylic acids is 1. The van der Waals surface area contributed by atoms with Crippen LogP contribution in [0.2, 0.25) is 0 Å². The molecule has 2 atom stereocenters. The Morgan fingerprint density at radius 1 is 1.48 bits per heavy atom. The van der Waals surface area contributed by atoms with Crippen LogP contribution < -0.4 is 11.1 Å². The molecule has 3 rings (SSSR count). The molecule has 5 heteroatoms. The third-order valence-electron chi connectivity index (χ3n) is 4.03. The van der Waals surface area contributed by atoms with E-state index in [2.05, 4.69) is 10.3 Å². The summed E-state index contributed by atoms with van der Waals surface area (Å²) < 4.78 is 5.36. The average molecular weight is 285 g/mol. The minimum absolute atomic E-state index is 0.0643. The van der Waals surface area contributed by atoms with Crippen LogP contribution in [0.25, 0.3) is 10.8 Å². The number of nitrogen functional groups attached to an aromatic ring is 1. The first-order valence-electron chi connectivity index (χ1n) is 7.19. The monoisotopic (exact) mass is 285 g/mol. The van der Waals surface area contributed by atoms with Gasteiger partial charge in [0.15, 0.2) is 0 Å². The van der Waals surface area contributed by atoms with E-state index in [9.17, 15) is 4.79 Å². The smallest absolute Gasteiger partial charge is 0.270 e. The molecule has 0 bridgehead atoms. The van der Waals surface area contributed by atoms with E-state index in [1.807, 2.05) is 31.2 Å². The number of aromatic nitrogens is 1. The zero-order valence-corrected chi connectivity index (χ0v) is 12.0. The first kappa shape index (κ1) is 13.8. The molecule has 110 valence electrons. The summed E-state index contributed by atoms with van der Waals surface area (Å²) in [4.78, 5) is 16.6.